The molecule has 4 N–H and O–H groups in total. The van der Waals surface area contributed by atoms with E-state index in [0.29, 0.717) is 17.9 Å². The fraction of sp³-hybridized carbons (Fsp3) is 0.111. The predicted molar refractivity (Wildman–Crippen MR) is 91.3 cm³/mol. The summed E-state index contributed by atoms with van der Waals surface area (Å²) >= 11 is 0. The molecule has 0 bridgehead atoms. The minimum atomic E-state index is -0.600. The highest BCUT2D eigenvalue weighted by Gasteiger charge is 2.03. The van der Waals surface area contributed by atoms with Crippen LogP contribution in [0.1, 0.15) is 15.9 Å². The number of hydrogen-bond acceptors (Lipinski definition) is 5. The van der Waals surface area contributed by atoms with Gasteiger partial charge >= 0.3 is 0 Å². The van der Waals surface area contributed by atoms with E-state index in [2.05, 4.69) is 5.32 Å². The Balaban J connectivity index is 1.71. The summed E-state index contributed by atoms with van der Waals surface area (Å²) in [5, 5.41) is 20.5. The quantitative estimate of drug-likeness (QED) is 0.265. The van der Waals surface area contributed by atoms with Gasteiger partial charge in [-0.2, -0.15) is 0 Å². The van der Waals surface area contributed by atoms with Gasteiger partial charge in [0.05, 0.1) is 6.54 Å². The number of phenols is 1. The van der Waals surface area contributed by atoms with Crippen molar-refractivity contribution < 1.29 is 24.6 Å². The van der Waals surface area contributed by atoms with Crippen LogP contribution in [0.4, 0.5) is 0 Å². The van der Waals surface area contributed by atoms with E-state index in [-0.39, 0.29) is 18.3 Å². The zero-order chi connectivity index (χ0) is 18.1. The van der Waals surface area contributed by atoms with E-state index in [1.165, 1.54) is 18.2 Å². The summed E-state index contributed by atoms with van der Waals surface area (Å²) in [4.78, 5) is 22.9. The number of carbonyl (C=O) groups is 2. The molecule has 130 valence electrons. The summed E-state index contributed by atoms with van der Waals surface area (Å²) in [6, 6.07) is 12.8. The summed E-state index contributed by atoms with van der Waals surface area (Å²) in [7, 11) is 0. The predicted octanol–water partition coefficient (Wildman–Crippen LogP) is 1.72. The van der Waals surface area contributed by atoms with Crippen molar-refractivity contribution >= 4 is 17.9 Å². The van der Waals surface area contributed by atoms with Gasteiger partial charge < -0.3 is 15.2 Å². The van der Waals surface area contributed by atoms with Crippen molar-refractivity contribution in [3.8, 4) is 11.5 Å². The molecule has 0 unspecified atom stereocenters. The average Bonchev–Trinajstić information content (AvgIpc) is 2.63. The summed E-state index contributed by atoms with van der Waals surface area (Å²) < 4.78 is 5.44. The van der Waals surface area contributed by atoms with Gasteiger partial charge in [0, 0.05) is 11.6 Å². The Morgan fingerprint density at radius 3 is 2.56 bits per heavy atom. The molecule has 25 heavy (non-hydrogen) atoms. The molecule has 0 aliphatic rings. The highest BCUT2D eigenvalue weighted by atomic mass is 16.5. The molecule has 2 aromatic rings. The van der Waals surface area contributed by atoms with Crippen LogP contribution in [0.5, 0.6) is 11.5 Å². The molecule has 2 rings (SSSR count). The van der Waals surface area contributed by atoms with Crippen LogP contribution in [0.25, 0.3) is 6.08 Å². The maximum Gasteiger partial charge on any atom is 0.274 e. The number of phenolic OH excluding ortho intramolecular Hbond substituents is 1. The third kappa shape index (κ3) is 6.00. The number of aromatic hydroxyl groups is 1. The van der Waals surface area contributed by atoms with E-state index in [1.807, 2.05) is 0 Å². The highest BCUT2D eigenvalue weighted by Crippen LogP contribution is 2.12. The SMILES string of the molecule is O=C(C=Cc1cccc(O)c1)NCCOc1ccc(C(=O)NO)cc1. The number of benzene rings is 2. The molecule has 0 aromatic heterocycles. The Bertz CT molecular complexity index is 756. The molecule has 0 heterocycles. The topological polar surface area (TPSA) is 108 Å². The molecule has 0 fully saturated rings. The lowest BCUT2D eigenvalue weighted by molar-refractivity contribution is -0.116. The van der Waals surface area contributed by atoms with E-state index >= 15 is 0 Å². The average molecular weight is 342 g/mol. The van der Waals surface area contributed by atoms with Crippen LogP contribution in [0.15, 0.2) is 54.6 Å². The van der Waals surface area contributed by atoms with Gasteiger partial charge in [-0.05, 0) is 48.0 Å². The number of hydrogen-bond donors (Lipinski definition) is 4. The van der Waals surface area contributed by atoms with Gasteiger partial charge in [0.1, 0.15) is 18.1 Å². The zero-order valence-corrected chi connectivity index (χ0v) is 13.3. The van der Waals surface area contributed by atoms with Crippen molar-refractivity contribution in [2.24, 2.45) is 0 Å². The Kier molecular flexibility index (Phi) is 6.56. The Morgan fingerprint density at radius 2 is 1.88 bits per heavy atom. The standard InChI is InChI=1S/C18H18N2O5/c21-15-3-1-2-13(12-15)4-9-17(22)19-10-11-25-16-7-5-14(6-8-16)18(23)20-24/h1-9,12,21,24H,10-11H2,(H,19,22)(H,20,23). The van der Waals surface area contributed by atoms with E-state index < -0.39 is 5.91 Å². The Labute approximate surface area is 144 Å². The molecular formula is C18H18N2O5. The second-order valence-corrected chi connectivity index (χ2v) is 5.03. The molecule has 0 atom stereocenters. The molecule has 0 radical (unpaired) electrons. The first-order chi connectivity index (χ1) is 12.1. The zero-order valence-electron chi connectivity index (χ0n) is 13.3. The maximum absolute atomic E-state index is 11.7. The fourth-order valence-electron chi connectivity index (χ4n) is 1.97. The molecule has 0 saturated carbocycles. The van der Waals surface area contributed by atoms with Crippen molar-refractivity contribution in [3.05, 3.63) is 65.7 Å². The molecule has 7 heteroatoms. The molecular weight excluding hydrogens is 324 g/mol. The van der Waals surface area contributed by atoms with E-state index in [4.69, 9.17) is 9.94 Å². The normalized spacial score (nSPS) is 10.4. The second kappa shape index (κ2) is 9.09. The third-order valence-corrected chi connectivity index (χ3v) is 3.19. The van der Waals surface area contributed by atoms with Crippen LogP contribution in [0, 0.1) is 0 Å². The highest BCUT2D eigenvalue weighted by molar-refractivity contribution is 5.93. The molecule has 0 aliphatic heterocycles. The second-order valence-electron chi connectivity index (χ2n) is 5.03. The van der Waals surface area contributed by atoms with Crippen LogP contribution in [-0.2, 0) is 4.79 Å². The number of nitrogens with one attached hydrogen (secondary N) is 2. The molecule has 2 amide bonds. The summed E-state index contributed by atoms with van der Waals surface area (Å²) in [5.41, 5.74) is 2.57. The van der Waals surface area contributed by atoms with Crippen LogP contribution >= 0.6 is 0 Å². The molecule has 0 spiro atoms. The van der Waals surface area contributed by atoms with E-state index in [1.54, 1.807) is 48.0 Å². The first-order valence-corrected chi connectivity index (χ1v) is 7.51. The van der Waals surface area contributed by atoms with Crippen molar-refractivity contribution in [1.82, 2.24) is 10.8 Å². The summed E-state index contributed by atoms with van der Waals surface area (Å²) in [6.45, 7) is 0.569. The van der Waals surface area contributed by atoms with Crippen molar-refractivity contribution in [2.45, 2.75) is 0 Å². The molecule has 2 aromatic carbocycles. The van der Waals surface area contributed by atoms with Crippen molar-refractivity contribution in [2.75, 3.05) is 13.2 Å². The lowest BCUT2D eigenvalue weighted by Gasteiger charge is -2.07. The van der Waals surface area contributed by atoms with Gasteiger partial charge in [-0.3, -0.25) is 14.8 Å². The minimum Gasteiger partial charge on any atom is -0.508 e. The maximum atomic E-state index is 11.7. The van der Waals surface area contributed by atoms with Gasteiger partial charge in [0.25, 0.3) is 5.91 Å². The van der Waals surface area contributed by atoms with Crippen LogP contribution in [0.3, 0.4) is 0 Å². The third-order valence-electron chi connectivity index (χ3n) is 3.19. The summed E-state index contributed by atoms with van der Waals surface area (Å²) in [5.74, 6) is -0.197. The Hall–Kier alpha value is -3.32. The first-order valence-electron chi connectivity index (χ1n) is 7.51. The van der Waals surface area contributed by atoms with E-state index in [9.17, 15) is 14.7 Å². The molecule has 0 aliphatic carbocycles. The largest absolute Gasteiger partial charge is 0.508 e. The van der Waals surface area contributed by atoms with Crippen LogP contribution in [-0.4, -0.2) is 35.3 Å². The van der Waals surface area contributed by atoms with Gasteiger partial charge in [0.2, 0.25) is 5.91 Å². The van der Waals surface area contributed by atoms with E-state index in [0.717, 1.165) is 5.56 Å². The van der Waals surface area contributed by atoms with Gasteiger partial charge in [-0.15, -0.1) is 0 Å². The number of ether oxygens (including phenoxy) is 1. The minimum absolute atomic E-state index is 0.137. The van der Waals surface area contributed by atoms with Crippen LogP contribution < -0.4 is 15.5 Å². The van der Waals surface area contributed by atoms with Crippen molar-refractivity contribution in [3.63, 3.8) is 0 Å². The first kappa shape index (κ1) is 18.0. The number of hydroxylamine groups is 1. The fourth-order valence-corrected chi connectivity index (χ4v) is 1.97. The van der Waals surface area contributed by atoms with Crippen molar-refractivity contribution in [1.29, 1.82) is 0 Å². The molecule has 0 saturated heterocycles. The number of amides is 2. The number of rotatable bonds is 7. The van der Waals surface area contributed by atoms with Gasteiger partial charge in [0.15, 0.2) is 0 Å². The monoisotopic (exact) mass is 342 g/mol. The van der Waals surface area contributed by atoms with Gasteiger partial charge in [-0.25, -0.2) is 5.48 Å². The Morgan fingerprint density at radius 1 is 1.12 bits per heavy atom. The smallest absolute Gasteiger partial charge is 0.274 e. The lowest BCUT2D eigenvalue weighted by Crippen LogP contribution is -2.26. The summed E-state index contributed by atoms with van der Waals surface area (Å²) in [6.07, 6.45) is 2.97. The van der Waals surface area contributed by atoms with Gasteiger partial charge in [-0.1, -0.05) is 12.1 Å². The number of carbonyl (C=O) groups excluding carboxylic acids is 2. The van der Waals surface area contributed by atoms with Crippen LogP contribution in [0.2, 0.25) is 0 Å². The lowest BCUT2D eigenvalue weighted by atomic mass is 10.2. The molecule has 7 nitrogen and oxygen atoms in total.